The summed E-state index contributed by atoms with van der Waals surface area (Å²) in [6.07, 6.45) is 7.75. The number of aliphatic hydroxyl groups is 2. The molecule has 0 bridgehead atoms. The van der Waals surface area contributed by atoms with Crippen molar-refractivity contribution in [3.8, 4) is 0 Å². The molecule has 2 aliphatic rings. The van der Waals surface area contributed by atoms with Crippen molar-refractivity contribution >= 4 is 35.0 Å². The minimum absolute atomic E-state index is 0.0369. The normalized spacial score (nSPS) is 26.4. The molecule has 0 unspecified atom stereocenters. The Morgan fingerprint density at radius 1 is 1.21 bits per heavy atom. The van der Waals surface area contributed by atoms with E-state index in [9.17, 15) is 10.2 Å². The van der Waals surface area contributed by atoms with E-state index >= 15 is 0 Å². The highest BCUT2D eigenvalue weighted by atomic mass is 32.2. The van der Waals surface area contributed by atoms with Crippen molar-refractivity contribution in [2.24, 2.45) is 10.9 Å². The number of fused-ring (bicyclic) bond motifs is 2. The number of aryl methyl sites for hydroxylation is 1. The average Bonchev–Trinajstić information content (AvgIpc) is 3.28. The largest absolute Gasteiger partial charge is 0.390 e. The van der Waals surface area contributed by atoms with Gasteiger partial charge in [-0.15, -0.1) is 0 Å². The van der Waals surface area contributed by atoms with E-state index in [0.29, 0.717) is 0 Å². The van der Waals surface area contributed by atoms with Gasteiger partial charge in [-0.05, 0) is 60.9 Å². The maximum atomic E-state index is 10.7. The zero-order valence-corrected chi connectivity index (χ0v) is 16.0. The van der Waals surface area contributed by atoms with Crippen LogP contribution in [0.1, 0.15) is 24.4 Å². The Bertz CT molecular complexity index is 1040. The van der Waals surface area contributed by atoms with Crippen LogP contribution >= 0.6 is 11.9 Å². The molecule has 1 fully saturated rings. The van der Waals surface area contributed by atoms with Crippen LogP contribution in [-0.2, 0) is 6.42 Å². The Balaban J connectivity index is 1.31. The molecule has 3 aromatic rings. The highest BCUT2D eigenvalue weighted by Gasteiger charge is 2.42. The lowest BCUT2D eigenvalue weighted by Crippen LogP contribution is -2.29. The van der Waals surface area contributed by atoms with Gasteiger partial charge in [-0.3, -0.25) is 0 Å². The molecule has 1 saturated carbocycles. The number of hydrogen-bond acceptors (Lipinski definition) is 7. The van der Waals surface area contributed by atoms with E-state index in [4.69, 9.17) is 0 Å². The van der Waals surface area contributed by atoms with Crippen LogP contribution in [0.4, 0.5) is 5.69 Å². The quantitative estimate of drug-likeness (QED) is 0.588. The molecule has 3 N–H and O–H groups in total. The molecule has 7 nitrogen and oxygen atoms in total. The van der Waals surface area contributed by atoms with E-state index < -0.39 is 12.2 Å². The third-order valence-corrected chi connectivity index (χ3v) is 6.55. The lowest BCUT2D eigenvalue weighted by atomic mass is 9.96. The first kappa shape index (κ1) is 17.7. The van der Waals surface area contributed by atoms with Gasteiger partial charge in [0.1, 0.15) is 18.1 Å². The van der Waals surface area contributed by atoms with Crippen LogP contribution in [0.2, 0.25) is 0 Å². The van der Waals surface area contributed by atoms with Crippen molar-refractivity contribution in [2.75, 3.05) is 0 Å². The number of hydrogen-bond donors (Lipinski definition) is 3. The monoisotopic (exact) mass is 395 g/mol. The molecule has 8 heteroatoms. The SMILES string of the molecule is O[C@@H]1[C@@H](CCc2ccc3c(c2)N=CNS3)C[C@@H](n2ccc3cncnc32)[C@@H]1O. The summed E-state index contributed by atoms with van der Waals surface area (Å²) < 4.78 is 5.01. The second-order valence-corrected chi connectivity index (χ2v) is 8.27. The predicted molar refractivity (Wildman–Crippen MR) is 109 cm³/mol. The van der Waals surface area contributed by atoms with Gasteiger partial charge in [0.15, 0.2) is 0 Å². The van der Waals surface area contributed by atoms with Gasteiger partial charge < -0.3 is 19.5 Å². The number of aliphatic hydroxyl groups excluding tert-OH is 2. The molecule has 0 radical (unpaired) electrons. The van der Waals surface area contributed by atoms with Crippen molar-refractivity contribution in [2.45, 2.75) is 42.4 Å². The van der Waals surface area contributed by atoms with Crippen LogP contribution in [0.25, 0.3) is 11.0 Å². The van der Waals surface area contributed by atoms with E-state index in [0.717, 1.165) is 40.9 Å². The predicted octanol–water partition coefficient (Wildman–Crippen LogP) is 2.62. The van der Waals surface area contributed by atoms with Crippen LogP contribution in [0.5, 0.6) is 0 Å². The third kappa shape index (κ3) is 3.07. The first-order valence-corrected chi connectivity index (χ1v) is 10.2. The maximum absolute atomic E-state index is 10.7. The summed E-state index contributed by atoms with van der Waals surface area (Å²) in [6.45, 7) is 0. The van der Waals surface area contributed by atoms with Crippen molar-refractivity contribution in [1.29, 1.82) is 0 Å². The summed E-state index contributed by atoms with van der Waals surface area (Å²) in [4.78, 5) is 13.9. The second-order valence-electron chi connectivity index (χ2n) is 7.39. The number of rotatable bonds is 4. The summed E-state index contributed by atoms with van der Waals surface area (Å²) >= 11 is 1.56. The fourth-order valence-corrected chi connectivity index (χ4v) is 4.86. The molecule has 1 aliphatic heterocycles. The Morgan fingerprint density at radius 2 is 2.14 bits per heavy atom. The number of aliphatic imine (C=N–C) groups is 1. The Morgan fingerprint density at radius 3 is 3.07 bits per heavy atom. The summed E-state index contributed by atoms with van der Waals surface area (Å²) in [6, 6.07) is 8.06. The van der Waals surface area contributed by atoms with E-state index in [2.05, 4.69) is 37.9 Å². The molecule has 28 heavy (non-hydrogen) atoms. The zero-order chi connectivity index (χ0) is 19.1. The highest BCUT2D eigenvalue weighted by Crippen LogP contribution is 2.39. The van der Waals surface area contributed by atoms with Crippen LogP contribution in [0.3, 0.4) is 0 Å². The van der Waals surface area contributed by atoms with Crippen molar-refractivity contribution < 1.29 is 10.2 Å². The fraction of sp³-hybridized carbons (Fsp3) is 0.350. The summed E-state index contributed by atoms with van der Waals surface area (Å²) in [5.41, 5.74) is 2.97. The van der Waals surface area contributed by atoms with Crippen LogP contribution in [0, 0.1) is 5.92 Å². The number of nitrogens with zero attached hydrogens (tertiary/aromatic N) is 4. The van der Waals surface area contributed by atoms with Gasteiger partial charge in [-0.1, -0.05) is 6.07 Å². The maximum Gasteiger partial charge on any atom is 0.143 e. The van der Waals surface area contributed by atoms with Gasteiger partial charge in [-0.2, -0.15) is 0 Å². The molecule has 4 atom stereocenters. The van der Waals surface area contributed by atoms with Gasteiger partial charge in [0.25, 0.3) is 0 Å². The minimum Gasteiger partial charge on any atom is -0.390 e. The topological polar surface area (TPSA) is 95.6 Å². The fourth-order valence-electron chi connectivity index (χ4n) is 4.27. The summed E-state index contributed by atoms with van der Waals surface area (Å²) in [5, 5.41) is 22.2. The molecule has 3 heterocycles. The highest BCUT2D eigenvalue weighted by molar-refractivity contribution is 7.98. The van der Waals surface area contributed by atoms with Gasteiger partial charge >= 0.3 is 0 Å². The summed E-state index contributed by atoms with van der Waals surface area (Å²) in [7, 11) is 0. The van der Waals surface area contributed by atoms with Crippen molar-refractivity contribution in [1.82, 2.24) is 19.3 Å². The smallest absolute Gasteiger partial charge is 0.143 e. The van der Waals surface area contributed by atoms with E-state index in [1.54, 1.807) is 24.5 Å². The minimum atomic E-state index is -0.800. The molecule has 5 rings (SSSR count). The molecule has 1 aliphatic carbocycles. The van der Waals surface area contributed by atoms with Gasteiger partial charge in [0.2, 0.25) is 0 Å². The van der Waals surface area contributed by atoms with Gasteiger partial charge in [-0.25, -0.2) is 15.0 Å². The van der Waals surface area contributed by atoms with E-state index in [-0.39, 0.29) is 12.0 Å². The van der Waals surface area contributed by atoms with Crippen LogP contribution in [-0.4, -0.2) is 43.3 Å². The Labute approximate surface area is 166 Å². The number of benzene rings is 1. The molecule has 144 valence electrons. The number of nitrogens with one attached hydrogen (secondary N) is 1. The Kier molecular flexibility index (Phi) is 4.54. The Hall–Kier alpha value is -2.42. The lowest BCUT2D eigenvalue weighted by Gasteiger charge is -2.19. The molecular weight excluding hydrogens is 374 g/mol. The molecule has 0 saturated heterocycles. The van der Waals surface area contributed by atoms with E-state index in [1.165, 1.54) is 11.9 Å². The van der Waals surface area contributed by atoms with E-state index in [1.807, 2.05) is 16.8 Å². The second kappa shape index (κ2) is 7.20. The van der Waals surface area contributed by atoms with Gasteiger partial charge in [0.05, 0.1) is 29.1 Å². The molecular formula is C20H21N5O2S. The number of aromatic nitrogens is 3. The lowest BCUT2D eigenvalue weighted by molar-refractivity contribution is 0.00545. The molecule has 1 aromatic carbocycles. The van der Waals surface area contributed by atoms with Crippen LogP contribution in [0.15, 0.2) is 52.9 Å². The first-order valence-electron chi connectivity index (χ1n) is 9.41. The first-order chi connectivity index (χ1) is 13.7. The standard InChI is InChI=1S/C20H21N5O2S/c26-18-13(3-1-12-2-4-17-15(7-12)22-11-24-28-17)8-16(19(18)27)25-6-5-14-9-21-10-23-20(14)25/h2,4-7,9-11,13,16,18-19,26-27H,1,3,8H2,(H,22,24)/t13-,16+,18+,19-/m0/s1. The third-order valence-electron chi connectivity index (χ3n) is 5.76. The summed E-state index contributed by atoms with van der Waals surface area (Å²) in [5.74, 6) is 0.0369. The average molecular weight is 395 g/mol. The zero-order valence-electron chi connectivity index (χ0n) is 15.1. The molecule has 0 amide bonds. The van der Waals surface area contributed by atoms with Crippen molar-refractivity contribution in [3.63, 3.8) is 0 Å². The van der Waals surface area contributed by atoms with Gasteiger partial charge in [0, 0.05) is 17.8 Å². The van der Waals surface area contributed by atoms with Crippen LogP contribution < -0.4 is 4.72 Å². The van der Waals surface area contributed by atoms with Crippen molar-refractivity contribution in [3.05, 3.63) is 48.5 Å². The molecule has 2 aromatic heterocycles. The molecule has 0 spiro atoms.